The average Bonchev–Trinajstić information content (AvgIpc) is 3.35. The quantitative estimate of drug-likeness (QED) is 0.395. The van der Waals surface area contributed by atoms with Gasteiger partial charge in [0.2, 0.25) is 0 Å². The van der Waals surface area contributed by atoms with Crippen molar-refractivity contribution >= 4 is 11.7 Å². The standard InChI is InChI=1S/C31H43F2N3O4/c1-19-24(28(29(37)38)40-30(2,3)4)26(36-14-10-31(5,6)11-15-36)25(23(34-19)18-35-12-8-9-13-35)20-16-21(32)27(39-7)22(33)17-20/h16-17,28H,8-15,18H2,1-7H3,(H,37,38). The Hall–Kier alpha value is -2.78. The highest BCUT2D eigenvalue weighted by Gasteiger charge is 2.37. The van der Waals surface area contributed by atoms with Crippen LogP contribution in [-0.2, 0) is 16.1 Å². The molecule has 0 bridgehead atoms. The van der Waals surface area contributed by atoms with Gasteiger partial charge in [-0.05, 0) is 89.6 Å². The van der Waals surface area contributed by atoms with Crippen LogP contribution in [0.25, 0.3) is 11.1 Å². The highest BCUT2D eigenvalue weighted by atomic mass is 19.1. The number of hydrogen-bond acceptors (Lipinski definition) is 6. The third-order valence-corrected chi connectivity index (χ3v) is 7.93. The van der Waals surface area contributed by atoms with E-state index in [1.165, 1.54) is 19.2 Å². The Labute approximate surface area is 236 Å². The molecular formula is C31H43F2N3O4. The van der Waals surface area contributed by atoms with Crippen molar-refractivity contribution in [1.82, 2.24) is 9.88 Å². The SMILES string of the molecule is COc1c(F)cc(-c2c(CN3CCCC3)nc(C)c(C(OC(C)(C)C)C(=O)O)c2N2CCC(C)(C)CC2)cc1F. The van der Waals surface area contributed by atoms with Gasteiger partial charge in [-0.25, -0.2) is 13.6 Å². The van der Waals surface area contributed by atoms with Crippen molar-refractivity contribution in [2.45, 2.75) is 85.5 Å². The fourth-order valence-corrected chi connectivity index (χ4v) is 5.80. The Bertz CT molecular complexity index is 1220. The van der Waals surface area contributed by atoms with Gasteiger partial charge in [-0.1, -0.05) is 13.8 Å². The summed E-state index contributed by atoms with van der Waals surface area (Å²) < 4.78 is 41.4. The molecule has 1 aromatic carbocycles. The van der Waals surface area contributed by atoms with Crippen LogP contribution in [0.15, 0.2) is 12.1 Å². The van der Waals surface area contributed by atoms with E-state index in [0.29, 0.717) is 53.4 Å². The molecule has 220 valence electrons. The van der Waals surface area contributed by atoms with E-state index >= 15 is 8.78 Å². The van der Waals surface area contributed by atoms with Crippen LogP contribution in [0.3, 0.4) is 0 Å². The maximum Gasteiger partial charge on any atom is 0.337 e. The van der Waals surface area contributed by atoms with Crippen LogP contribution < -0.4 is 9.64 Å². The van der Waals surface area contributed by atoms with Gasteiger partial charge in [0, 0.05) is 36.5 Å². The molecule has 0 saturated carbocycles. The summed E-state index contributed by atoms with van der Waals surface area (Å²) in [6.07, 6.45) is 2.61. The van der Waals surface area contributed by atoms with E-state index in [9.17, 15) is 9.90 Å². The highest BCUT2D eigenvalue weighted by molar-refractivity contribution is 5.88. The second-order valence-corrected chi connectivity index (χ2v) is 12.8. The monoisotopic (exact) mass is 559 g/mol. The summed E-state index contributed by atoms with van der Waals surface area (Å²) in [7, 11) is 1.23. The number of ether oxygens (including phenoxy) is 2. The first-order valence-corrected chi connectivity index (χ1v) is 14.2. The maximum absolute atomic E-state index is 15.2. The molecule has 0 aliphatic carbocycles. The van der Waals surface area contributed by atoms with Crippen molar-refractivity contribution in [2.24, 2.45) is 5.41 Å². The van der Waals surface area contributed by atoms with Crippen LogP contribution in [-0.4, -0.2) is 59.8 Å². The lowest BCUT2D eigenvalue weighted by Crippen LogP contribution is -2.39. The molecule has 2 aliphatic rings. The number of rotatable bonds is 8. The lowest BCUT2D eigenvalue weighted by molar-refractivity contribution is -0.160. The van der Waals surface area contributed by atoms with Gasteiger partial charge in [0.25, 0.3) is 0 Å². The number of hydrogen-bond donors (Lipinski definition) is 1. The van der Waals surface area contributed by atoms with Crippen molar-refractivity contribution < 1.29 is 28.2 Å². The van der Waals surface area contributed by atoms with Crippen LogP contribution in [0.5, 0.6) is 5.75 Å². The Morgan fingerprint density at radius 1 is 1.10 bits per heavy atom. The minimum Gasteiger partial charge on any atom is -0.491 e. The smallest absolute Gasteiger partial charge is 0.337 e. The number of carboxylic acids is 1. The Morgan fingerprint density at radius 2 is 1.68 bits per heavy atom. The van der Waals surface area contributed by atoms with Gasteiger partial charge in [-0.3, -0.25) is 9.88 Å². The number of benzene rings is 1. The summed E-state index contributed by atoms with van der Waals surface area (Å²) in [6.45, 7) is 15.3. The van der Waals surface area contributed by atoms with Crippen LogP contribution in [0.2, 0.25) is 0 Å². The zero-order valence-electron chi connectivity index (χ0n) is 24.9. The van der Waals surface area contributed by atoms with E-state index < -0.39 is 35.1 Å². The zero-order chi connectivity index (χ0) is 29.4. The molecule has 0 amide bonds. The minimum atomic E-state index is -1.31. The third-order valence-electron chi connectivity index (χ3n) is 7.93. The molecule has 3 heterocycles. The molecule has 0 radical (unpaired) electrons. The van der Waals surface area contributed by atoms with Gasteiger partial charge >= 0.3 is 5.97 Å². The Kier molecular flexibility index (Phi) is 8.76. The number of likely N-dealkylation sites (tertiary alicyclic amines) is 1. The molecular weight excluding hydrogens is 516 g/mol. The summed E-state index contributed by atoms with van der Waals surface area (Å²) in [5.74, 6) is -3.23. The van der Waals surface area contributed by atoms with Crippen molar-refractivity contribution in [3.05, 3.63) is 40.7 Å². The van der Waals surface area contributed by atoms with Gasteiger partial charge in [0.1, 0.15) is 0 Å². The summed E-state index contributed by atoms with van der Waals surface area (Å²) in [5.41, 5.74) is 2.51. The Morgan fingerprint density at radius 3 is 2.17 bits per heavy atom. The molecule has 1 N–H and O–H groups in total. The van der Waals surface area contributed by atoms with Crippen LogP contribution >= 0.6 is 0 Å². The predicted molar refractivity (Wildman–Crippen MR) is 152 cm³/mol. The van der Waals surface area contributed by atoms with E-state index in [1.54, 1.807) is 6.92 Å². The molecule has 1 atom stereocenters. The van der Waals surface area contributed by atoms with Crippen molar-refractivity contribution in [2.75, 3.05) is 38.2 Å². The van der Waals surface area contributed by atoms with E-state index in [0.717, 1.165) is 38.8 Å². The number of aliphatic carboxylic acids is 1. The van der Waals surface area contributed by atoms with Crippen molar-refractivity contribution in [3.63, 3.8) is 0 Å². The van der Waals surface area contributed by atoms with E-state index in [4.69, 9.17) is 14.5 Å². The van der Waals surface area contributed by atoms with Crippen molar-refractivity contribution in [1.29, 1.82) is 0 Å². The van der Waals surface area contributed by atoms with Gasteiger partial charge in [-0.2, -0.15) is 0 Å². The number of anilines is 1. The number of methoxy groups -OCH3 is 1. The fourth-order valence-electron chi connectivity index (χ4n) is 5.80. The normalized spacial score (nSPS) is 18.7. The number of piperidine rings is 1. The molecule has 7 nitrogen and oxygen atoms in total. The number of nitrogens with zero attached hydrogens (tertiary/aromatic N) is 3. The first-order valence-electron chi connectivity index (χ1n) is 14.2. The molecule has 2 saturated heterocycles. The topological polar surface area (TPSA) is 75.1 Å². The van der Waals surface area contributed by atoms with Gasteiger partial charge in [0.05, 0.1) is 24.1 Å². The highest BCUT2D eigenvalue weighted by Crippen LogP contribution is 2.46. The van der Waals surface area contributed by atoms with Crippen molar-refractivity contribution in [3.8, 4) is 16.9 Å². The predicted octanol–water partition coefficient (Wildman–Crippen LogP) is 6.51. The number of aryl methyl sites for hydroxylation is 1. The molecule has 40 heavy (non-hydrogen) atoms. The number of carboxylic acid groups (broad SMARTS) is 1. The zero-order valence-corrected chi connectivity index (χ0v) is 24.9. The molecule has 2 fully saturated rings. The first-order chi connectivity index (χ1) is 18.7. The van der Waals surface area contributed by atoms with E-state index in [1.807, 2.05) is 20.8 Å². The maximum atomic E-state index is 15.2. The molecule has 1 unspecified atom stereocenters. The second kappa shape index (κ2) is 11.6. The van der Waals surface area contributed by atoms with Gasteiger partial charge in [0.15, 0.2) is 23.5 Å². The lowest BCUT2D eigenvalue weighted by atomic mass is 9.81. The molecule has 4 rings (SSSR count). The lowest BCUT2D eigenvalue weighted by Gasteiger charge is -2.41. The largest absolute Gasteiger partial charge is 0.491 e. The first kappa shape index (κ1) is 30.2. The third kappa shape index (κ3) is 6.57. The molecule has 1 aromatic heterocycles. The van der Waals surface area contributed by atoms with E-state index in [-0.39, 0.29) is 5.41 Å². The van der Waals surface area contributed by atoms with Gasteiger partial charge in [-0.15, -0.1) is 0 Å². The number of carbonyl (C=O) groups is 1. The summed E-state index contributed by atoms with van der Waals surface area (Å²) >= 11 is 0. The molecule has 0 spiro atoms. The minimum absolute atomic E-state index is 0.129. The van der Waals surface area contributed by atoms with Crippen LogP contribution in [0.4, 0.5) is 14.5 Å². The average molecular weight is 560 g/mol. The summed E-state index contributed by atoms with van der Waals surface area (Å²) in [6, 6.07) is 2.53. The van der Waals surface area contributed by atoms with Crippen LogP contribution in [0, 0.1) is 24.0 Å². The number of halogens is 2. The summed E-state index contributed by atoms with van der Waals surface area (Å²) in [5, 5.41) is 10.4. The molecule has 2 aromatic rings. The van der Waals surface area contributed by atoms with E-state index in [2.05, 4.69) is 23.6 Å². The number of aromatic nitrogens is 1. The number of pyridine rings is 1. The molecule has 9 heteroatoms. The Balaban J connectivity index is 2.04. The molecule has 2 aliphatic heterocycles. The van der Waals surface area contributed by atoms with Crippen LogP contribution in [0.1, 0.15) is 83.4 Å². The summed E-state index contributed by atoms with van der Waals surface area (Å²) in [4.78, 5) is 22.1. The fraction of sp³-hybridized carbons (Fsp3) is 0.613. The second-order valence-electron chi connectivity index (χ2n) is 12.8. The van der Waals surface area contributed by atoms with Gasteiger partial charge < -0.3 is 19.5 Å².